The van der Waals surface area contributed by atoms with Crippen LogP contribution in [0.25, 0.3) is 5.52 Å². The van der Waals surface area contributed by atoms with Crippen LogP contribution >= 0.6 is 0 Å². The van der Waals surface area contributed by atoms with Crippen LogP contribution in [0.2, 0.25) is 0 Å². The van der Waals surface area contributed by atoms with E-state index in [9.17, 15) is 4.79 Å². The van der Waals surface area contributed by atoms with Crippen molar-refractivity contribution in [1.82, 2.24) is 9.61 Å². The van der Waals surface area contributed by atoms with Gasteiger partial charge in [0.15, 0.2) is 6.29 Å². The van der Waals surface area contributed by atoms with E-state index in [1.54, 1.807) is 10.7 Å². The van der Waals surface area contributed by atoms with Crippen molar-refractivity contribution in [2.24, 2.45) is 0 Å². The number of rotatable bonds is 3. The van der Waals surface area contributed by atoms with E-state index in [4.69, 9.17) is 5.11 Å². The molecule has 2 aromatic heterocycles. The minimum Gasteiger partial charge on any atom is -0.396 e. The van der Waals surface area contributed by atoms with Gasteiger partial charge in [-0.2, -0.15) is 5.10 Å². The summed E-state index contributed by atoms with van der Waals surface area (Å²) in [5.74, 6) is 0. The van der Waals surface area contributed by atoms with Gasteiger partial charge in [0.2, 0.25) is 0 Å². The number of carbonyl (C=O) groups is 1. The van der Waals surface area contributed by atoms with Gasteiger partial charge < -0.3 is 5.11 Å². The van der Waals surface area contributed by atoms with E-state index in [-0.39, 0.29) is 6.61 Å². The predicted molar refractivity (Wildman–Crippen MR) is 51.4 cm³/mol. The molecule has 0 aliphatic carbocycles. The molecule has 0 aliphatic heterocycles. The molecule has 1 N–H and O–H groups in total. The van der Waals surface area contributed by atoms with Crippen LogP contribution in [-0.4, -0.2) is 27.6 Å². The number of carbonyl (C=O) groups excluding carboxylic acids is 1. The maximum Gasteiger partial charge on any atom is 0.153 e. The molecule has 0 amide bonds. The molecule has 4 heteroatoms. The molecule has 72 valence electrons. The zero-order valence-electron chi connectivity index (χ0n) is 7.55. The van der Waals surface area contributed by atoms with Crippen molar-refractivity contribution in [2.75, 3.05) is 6.61 Å². The number of aromatic nitrogens is 2. The summed E-state index contributed by atoms with van der Waals surface area (Å²) in [5, 5.41) is 12.8. The largest absolute Gasteiger partial charge is 0.396 e. The van der Waals surface area contributed by atoms with Crippen LogP contribution in [0.3, 0.4) is 0 Å². The molecule has 0 unspecified atom stereocenters. The topological polar surface area (TPSA) is 54.6 Å². The Balaban J connectivity index is 2.55. The maximum atomic E-state index is 10.6. The van der Waals surface area contributed by atoms with Crippen LogP contribution in [0.15, 0.2) is 24.5 Å². The van der Waals surface area contributed by atoms with Crippen LogP contribution in [0.4, 0.5) is 0 Å². The Morgan fingerprint density at radius 2 is 2.43 bits per heavy atom. The van der Waals surface area contributed by atoms with E-state index >= 15 is 0 Å². The molecule has 4 nitrogen and oxygen atoms in total. The van der Waals surface area contributed by atoms with Crippen molar-refractivity contribution in [3.63, 3.8) is 0 Å². The van der Waals surface area contributed by atoms with Crippen molar-refractivity contribution < 1.29 is 9.90 Å². The van der Waals surface area contributed by atoms with Crippen molar-refractivity contribution in [3.8, 4) is 0 Å². The van der Waals surface area contributed by atoms with E-state index in [0.29, 0.717) is 12.0 Å². The third kappa shape index (κ3) is 1.40. The van der Waals surface area contributed by atoms with Gasteiger partial charge in [-0.1, -0.05) is 0 Å². The zero-order valence-corrected chi connectivity index (χ0v) is 7.55. The lowest BCUT2D eigenvalue weighted by atomic mass is 10.1. The number of fused-ring (bicyclic) bond motifs is 1. The quantitative estimate of drug-likeness (QED) is 0.724. The number of aldehydes is 1. The van der Waals surface area contributed by atoms with E-state index in [0.717, 1.165) is 17.4 Å². The SMILES string of the molecule is O=Cc1cnn2ccc(CCO)cc12. The summed E-state index contributed by atoms with van der Waals surface area (Å²) in [6, 6.07) is 3.75. The summed E-state index contributed by atoms with van der Waals surface area (Å²) in [5.41, 5.74) is 2.36. The standard InChI is InChI=1S/C10H10N2O2/c13-4-2-8-1-3-12-10(5-8)9(7-14)6-11-12/h1,3,5-7,13H,2,4H2. The van der Waals surface area contributed by atoms with Crippen molar-refractivity contribution in [2.45, 2.75) is 6.42 Å². The molecule has 0 saturated heterocycles. The van der Waals surface area contributed by atoms with Gasteiger partial charge in [0.1, 0.15) is 0 Å². The molecule has 0 atom stereocenters. The summed E-state index contributed by atoms with van der Waals surface area (Å²) < 4.78 is 1.64. The van der Waals surface area contributed by atoms with Crippen LogP contribution in [0.1, 0.15) is 15.9 Å². The Kier molecular flexibility index (Phi) is 2.28. The second-order valence-corrected chi connectivity index (χ2v) is 3.06. The lowest BCUT2D eigenvalue weighted by molar-refractivity contribution is 0.112. The summed E-state index contributed by atoms with van der Waals surface area (Å²) >= 11 is 0. The highest BCUT2D eigenvalue weighted by molar-refractivity contribution is 5.85. The van der Waals surface area contributed by atoms with Gasteiger partial charge in [-0.25, -0.2) is 4.52 Å². The molecule has 2 heterocycles. The molecular formula is C10H10N2O2. The van der Waals surface area contributed by atoms with Gasteiger partial charge in [0.05, 0.1) is 17.3 Å². The number of pyridine rings is 1. The second kappa shape index (κ2) is 3.59. The highest BCUT2D eigenvalue weighted by Crippen LogP contribution is 2.11. The lowest BCUT2D eigenvalue weighted by Gasteiger charge is -1.99. The summed E-state index contributed by atoms with van der Waals surface area (Å²) in [7, 11) is 0. The molecule has 0 fully saturated rings. The van der Waals surface area contributed by atoms with E-state index in [1.165, 1.54) is 6.20 Å². The first-order valence-corrected chi connectivity index (χ1v) is 4.37. The zero-order chi connectivity index (χ0) is 9.97. The van der Waals surface area contributed by atoms with E-state index in [1.807, 2.05) is 12.1 Å². The molecule has 0 saturated carbocycles. The number of nitrogens with zero attached hydrogens (tertiary/aromatic N) is 2. The lowest BCUT2D eigenvalue weighted by Crippen LogP contribution is -1.94. The van der Waals surface area contributed by atoms with Gasteiger partial charge in [0, 0.05) is 12.8 Å². The first-order valence-electron chi connectivity index (χ1n) is 4.37. The Bertz CT molecular complexity index is 462. The Hall–Kier alpha value is -1.68. The molecule has 0 aromatic carbocycles. The van der Waals surface area contributed by atoms with E-state index in [2.05, 4.69) is 5.10 Å². The fraction of sp³-hybridized carbons (Fsp3) is 0.200. The molecular weight excluding hydrogens is 180 g/mol. The monoisotopic (exact) mass is 190 g/mol. The first-order chi connectivity index (χ1) is 6.85. The van der Waals surface area contributed by atoms with Gasteiger partial charge >= 0.3 is 0 Å². The summed E-state index contributed by atoms with van der Waals surface area (Å²) in [6.07, 6.45) is 4.70. The Morgan fingerprint density at radius 1 is 1.57 bits per heavy atom. The van der Waals surface area contributed by atoms with Crippen LogP contribution in [0, 0.1) is 0 Å². The molecule has 0 bridgehead atoms. The summed E-state index contributed by atoms with van der Waals surface area (Å²) in [4.78, 5) is 10.6. The molecule has 0 radical (unpaired) electrons. The third-order valence-corrected chi connectivity index (χ3v) is 2.14. The fourth-order valence-corrected chi connectivity index (χ4v) is 1.42. The number of hydrogen-bond acceptors (Lipinski definition) is 3. The number of hydrogen-bond donors (Lipinski definition) is 1. The van der Waals surface area contributed by atoms with Gasteiger partial charge in [0.25, 0.3) is 0 Å². The van der Waals surface area contributed by atoms with Crippen molar-refractivity contribution >= 4 is 11.8 Å². The highest BCUT2D eigenvalue weighted by Gasteiger charge is 2.03. The van der Waals surface area contributed by atoms with Crippen LogP contribution in [0.5, 0.6) is 0 Å². The van der Waals surface area contributed by atoms with Crippen LogP contribution < -0.4 is 0 Å². The molecule has 2 rings (SSSR count). The van der Waals surface area contributed by atoms with Crippen molar-refractivity contribution in [1.29, 1.82) is 0 Å². The highest BCUT2D eigenvalue weighted by atomic mass is 16.2. The van der Waals surface area contributed by atoms with Gasteiger partial charge in [-0.3, -0.25) is 4.79 Å². The maximum absolute atomic E-state index is 10.6. The minimum atomic E-state index is 0.112. The normalized spacial score (nSPS) is 10.6. The predicted octanol–water partition coefficient (Wildman–Crippen LogP) is 0.682. The van der Waals surface area contributed by atoms with Crippen LogP contribution in [-0.2, 0) is 6.42 Å². The molecule has 0 aliphatic rings. The number of aliphatic hydroxyl groups excluding tert-OH is 1. The second-order valence-electron chi connectivity index (χ2n) is 3.06. The summed E-state index contributed by atoms with van der Waals surface area (Å²) in [6.45, 7) is 0.112. The third-order valence-electron chi connectivity index (χ3n) is 2.14. The van der Waals surface area contributed by atoms with E-state index < -0.39 is 0 Å². The first kappa shape index (κ1) is 8.90. The van der Waals surface area contributed by atoms with Gasteiger partial charge in [-0.05, 0) is 24.1 Å². The van der Waals surface area contributed by atoms with Gasteiger partial charge in [-0.15, -0.1) is 0 Å². The molecule has 14 heavy (non-hydrogen) atoms. The average molecular weight is 190 g/mol. The minimum absolute atomic E-state index is 0.112. The Labute approximate surface area is 80.8 Å². The molecule has 0 spiro atoms. The average Bonchev–Trinajstić information content (AvgIpc) is 2.60. The Morgan fingerprint density at radius 3 is 3.14 bits per heavy atom. The number of aliphatic hydroxyl groups is 1. The molecule has 2 aromatic rings. The van der Waals surface area contributed by atoms with Crippen molar-refractivity contribution in [3.05, 3.63) is 35.7 Å². The smallest absolute Gasteiger partial charge is 0.153 e. The fourth-order valence-electron chi connectivity index (χ4n) is 1.42.